The van der Waals surface area contributed by atoms with Crippen LogP contribution in [0.2, 0.25) is 0 Å². The number of sulfone groups is 1. The lowest BCUT2D eigenvalue weighted by Gasteiger charge is -2.22. The van der Waals surface area contributed by atoms with Gasteiger partial charge in [-0.25, -0.2) is 8.42 Å². The van der Waals surface area contributed by atoms with Crippen molar-refractivity contribution in [2.24, 2.45) is 5.92 Å². The van der Waals surface area contributed by atoms with Crippen molar-refractivity contribution >= 4 is 27.5 Å². The first-order valence-corrected chi connectivity index (χ1v) is 8.84. The molecule has 0 aromatic heterocycles. The number of rotatable bonds is 3. The average Bonchev–Trinajstić information content (AvgIpc) is 2.67. The molecule has 1 amide bonds. The highest BCUT2D eigenvalue weighted by molar-refractivity contribution is 7.99. The van der Waals surface area contributed by atoms with Crippen molar-refractivity contribution in [3.63, 3.8) is 0 Å². The predicted octanol–water partition coefficient (Wildman–Crippen LogP) is -0.758. The molecule has 2 unspecified atom stereocenters. The zero-order valence-electron chi connectivity index (χ0n) is 9.65. The molecule has 98 valence electrons. The Morgan fingerprint density at radius 1 is 1.47 bits per heavy atom. The number of hydrogen-bond acceptors (Lipinski definition) is 5. The van der Waals surface area contributed by atoms with Crippen LogP contribution in [0.3, 0.4) is 0 Å². The molecule has 2 N–H and O–H groups in total. The Morgan fingerprint density at radius 2 is 2.29 bits per heavy atom. The zero-order chi connectivity index (χ0) is 12.3. The summed E-state index contributed by atoms with van der Waals surface area (Å²) in [5, 5.41) is 6.01. The number of hydrogen-bond donors (Lipinski definition) is 2. The minimum atomic E-state index is -2.84. The summed E-state index contributed by atoms with van der Waals surface area (Å²) in [5.74, 6) is 2.44. The lowest BCUT2D eigenvalue weighted by Crippen LogP contribution is -2.49. The van der Waals surface area contributed by atoms with Gasteiger partial charge in [-0.1, -0.05) is 0 Å². The van der Waals surface area contributed by atoms with Crippen LogP contribution in [0.15, 0.2) is 0 Å². The molecule has 7 heteroatoms. The van der Waals surface area contributed by atoms with E-state index in [-0.39, 0.29) is 29.4 Å². The average molecular weight is 278 g/mol. The van der Waals surface area contributed by atoms with Gasteiger partial charge < -0.3 is 10.6 Å². The van der Waals surface area contributed by atoms with Gasteiger partial charge >= 0.3 is 0 Å². The van der Waals surface area contributed by atoms with E-state index >= 15 is 0 Å². The van der Waals surface area contributed by atoms with E-state index in [4.69, 9.17) is 0 Å². The Kier molecular flexibility index (Phi) is 4.32. The van der Waals surface area contributed by atoms with Gasteiger partial charge in [0.15, 0.2) is 9.84 Å². The van der Waals surface area contributed by atoms with Crippen LogP contribution in [0.1, 0.15) is 6.42 Å². The summed E-state index contributed by atoms with van der Waals surface area (Å²) in [6.45, 7) is 1.35. The van der Waals surface area contributed by atoms with Crippen molar-refractivity contribution in [1.29, 1.82) is 0 Å². The van der Waals surface area contributed by atoms with Crippen molar-refractivity contribution < 1.29 is 13.2 Å². The van der Waals surface area contributed by atoms with Gasteiger partial charge in [-0.05, 0) is 12.3 Å². The Bertz CT molecular complexity index is 377. The summed E-state index contributed by atoms with van der Waals surface area (Å²) in [5.41, 5.74) is 0. The Balaban J connectivity index is 1.73. The molecular formula is C10H18N2O3S2. The van der Waals surface area contributed by atoms with Gasteiger partial charge in [0.05, 0.1) is 17.5 Å². The third-order valence-corrected chi connectivity index (χ3v) is 6.03. The summed E-state index contributed by atoms with van der Waals surface area (Å²) in [7, 11) is -2.84. The van der Waals surface area contributed by atoms with Crippen molar-refractivity contribution in [1.82, 2.24) is 10.6 Å². The fraction of sp³-hybridized carbons (Fsp3) is 0.900. The molecule has 2 rings (SSSR count). The molecular weight excluding hydrogens is 260 g/mol. The molecule has 0 aliphatic carbocycles. The second-order valence-corrected chi connectivity index (χ2v) is 7.97. The lowest BCUT2D eigenvalue weighted by molar-refractivity contribution is -0.122. The monoisotopic (exact) mass is 278 g/mol. The molecule has 2 saturated heterocycles. The molecule has 2 atom stereocenters. The highest BCUT2D eigenvalue weighted by Crippen LogP contribution is 2.17. The Hall–Kier alpha value is -0.270. The molecule has 17 heavy (non-hydrogen) atoms. The lowest BCUT2D eigenvalue weighted by atomic mass is 10.1. The van der Waals surface area contributed by atoms with Crippen molar-refractivity contribution in [2.45, 2.75) is 12.5 Å². The Morgan fingerprint density at radius 3 is 2.88 bits per heavy atom. The molecule has 2 fully saturated rings. The second kappa shape index (κ2) is 5.58. The number of carbonyl (C=O) groups excluding carboxylic acids is 1. The first-order valence-electron chi connectivity index (χ1n) is 5.86. The summed E-state index contributed by atoms with van der Waals surface area (Å²) in [6.07, 6.45) is 0.676. The molecule has 0 spiro atoms. The summed E-state index contributed by atoms with van der Waals surface area (Å²) < 4.78 is 22.5. The fourth-order valence-electron chi connectivity index (χ4n) is 2.13. The van der Waals surface area contributed by atoms with Crippen LogP contribution in [-0.4, -0.2) is 56.5 Å². The predicted molar refractivity (Wildman–Crippen MR) is 68.9 cm³/mol. The van der Waals surface area contributed by atoms with Crippen LogP contribution in [-0.2, 0) is 14.6 Å². The van der Waals surface area contributed by atoms with E-state index < -0.39 is 9.84 Å². The SMILES string of the molecule is O=C(NCC1CCS(=O)(=O)C1)C1CSCCN1. The summed E-state index contributed by atoms with van der Waals surface area (Å²) in [6, 6.07) is -0.119. The zero-order valence-corrected chi connectivity index (χ0v) is 11.3. The van der Waals surface area contributed by atoms with Crippen LogP contribution in [0.5, 0.6) is 0 Å². The molecule has 0 aromatic rings. The van der Waals surface area contributed by atoms with Gasteiger partial charge in [0.25, 0.3) is 0 Å². The van der Waals surface area contributed by atoms with E-state index in [2.05, 4.69) is 10.6 Å². The van der Waals surface area contributed by atoms with Gasteiger partial charge in [0, 0.05) is 24.6 Å². The molecule has 0 saturated carbocycles. The molecule has 5 nitrogen and oxygen atoms in total. The molecule has 2 aliphatic rings. The van der Waals surface area contributed by atoms with E-state index in [1.165, 1.54) is 0 Å². The quantitative estimate of drug-likeness (QED) is 0.710. The first kappa shape index (κ1) is 13.2. The van der Waals surface area contributed by atoms with Crippen molar-refractivity contribution in [3.8, 4) is 0 Å². The van der Waals surface area contributed by atoms with Crippen LogP contribution < -0.4 is 10.6 Å². The van der Waals surface area contributed by atoms with E-state index in [0.29, 0.717) is 13.0 Å². The van der Waals surface area contributed by atoms with Crippen LogP contribution in [0.4, 0.5) is 0 Å². The van der Waals surface area contributed by atoms with E-state index in [1.54, 1.807) is 11.8 Å². The first-order chi connectivity index (χ1) is 8.07. The highest BCUT2D eigenvalue weighted by atomic mass is 32.2. The van der Waals surface area contributed by atoms with Gasteiger partial charge in [0.2, 0.25) is 5.91 Å². The Labute approximate surface area is 106 Å². The third-order valence-electron chi connectivity index (χ3n) is 3.13. The smallest absolute Gasteiger partial charge is 0.238 e. The maximum Gasteiger partial charge on any atom is 0.238 e. The van der Waals surface area contributed by atoms with Crippen LogP contribution >= 0.6 is 11.8 Å². The second-order valence-electron chi connectivity index (χ2n) is 4.60. The molecule has 0 bridgehead atoms. The maximum atomic E-state index is 11.8. The van der Waals surface area contributed by atoms with Gasteiger partial charge in [0.1, 0.15) is 0 Å². The minimum Gasteiger partial charge on any atom is -0.354 e. The topological polar surface area (TPSA) is 75.3 Å². The number of carbonyl (C=O) groups is 1. The van der Waals surface area contributed by atoms with Gasteiger partial charge in [-0.3, -0.25) is 4.79 Å². The molecule has 0 radical (unpaired) electrons. The standard InChI is InChI=1S/C10H18N2O3S2/c13-10(9-6-16-3-2-11-9)12-5-8-1-4-17(14,15)7-8/h8-9,11H,1-7H2,(H,12,13). The van der Waals surface area contributed by atoms with E-state index in [0.717, 1.165) is 18.1 Å². The van der Waals surface area contributed by atoms with Crippen molar-refractivity contribution in [2.75, 3.05) is 36.1 Å². The van der Waals surface area contributed by atoms with Gasteiger partial charge in [-0.2, -0.15) is 11.8 Å². The van der Waals surface area contributed by atoms with E-state index in [1.807, 2.05) is 0 Å². The molecule has 2 aliphatic heterocycles. The largest absolute Gasteiger partial charge is 0.354 e. The summed E-state index contributed by atoms with van der Waals surface area (Å²) >= 11 is 1.77. The maximum absolute atomic E-state index is 11.8. The minimum absolute atomic E-state index is 0.00139. The number of thioether (sulfide) groups is 1. The third kappa shape index (κ3) is 3.86. The van der Waals surface area contributed by atoms with E-state index in [9.17, 15) is 13.2 Å². The van der Waals surface area contributed by atoms with Gasteiger partial charge in [-0.15, -0.1) is 0 Å². The van der Waals surface area contributed by atoms with Crippen molar-refractivity contribution in [3.05, 3.63) is 0 Å². The highest BCUT2D eigenvalue weighted by Gasteiger charge is 2.29. The number of nitrogens with one attached hydrogen (secondary N) is 2. The molecule has 0 aromatic carbocycles. The summed E-state index contributed by atoms with van der Waals surface area (Å²) in [4.78, 5) is 11.8. The number of amides is 1. The van der Waals surface area contributed by atoms with Crippen LogP contribution in [0, 0.1) is 5.92 Å². The normalized spacial score (nSPS) is 32.2. The fourth-order valence-corrected chi connectivity index (χ4v) is 4.93. The van der Waals surface area contributed by atoms with Crippen LogP contribution in [0.25, 0.3) is 0 Å². The molecule has 2 heterocycles.